The minimum absolute atomic E-state index is 0.320. The second-order valence-electron chi connectivity index (χ2n) is 2.24. The van der Waals surface area contributed by atoms with Crippen molar-refractivity contribution in [3.05, 3.63) is 28.7 Å². The highest BCUT2D eigenvalue weighted by Crippen LogP contribution is 2.16. The molecular weight excluding hydrogens is 244 g/mol. The predicted molar refractivity (Wildman–Crippen MR) is 49.6 cm³/mol. The van der Waals surface area contributed by atoms with Crippen LogP contribution in [0.1, 0.15) is 0 Å². The Morgan fingerprint density at radius 2 is 1.75 bits per heavy atom. The van der Waals surface area contributed by atoms with E-state index in [1.54, 1.807) is 24.3 Å². The van der Waals surface area contributed by atoms with Gasteiger partial charge in [0.05, 0.1) is 6.26 Å². The van der Waals surface area contributed by atoms with Gasteiger partial charge in [0, 0.05) is 4.47 Å². The van der Waals surface area contributed by atoms with Crippen LogP contribution in [0.5, 0.6) is 5.75 Å². The number of halogens is 1. The molecule has 0 radical (unpaired) electrons. The number of hydrogen-bond acceptors (Lipinski definition) is 3. The van der Waals surface area contributed by atoms with Gasteiger partial charge in [-0.25, -0.2) is 0 Å². The zero-order valence-electron chi connectivity index (χ0n) is 6.32. The van der Waals surface area contributed by atoms with E-state index in [4.69, 9.17) is 0 Å². The average Bonchev–Trinajstić information content (AvgIpc) is 1.91. The fraction of sp³-hybridized carbons (Fsp3) is 0.143. The summed E-state index contributed by atoms with van der Waals surface area (Å²) in [6.07, 6.45) is 1.01. The number of hydrogen-bond donors (Lipinski definition) is 0. The highest BCUT2D eigenvalue weighted by Gasteiger charge is 2.02. The van der Waals surface area contributed by atoms with Crippen LogP contribution in [-0.2, 0) is 10.1 Å². The molecule has 1 aromatic rings. The molecule has 0 amide bonds. The van der Waals surface area contributed by atoms with Gasteiger partial charge < -0.3 is 4.18 Å². The zero-order chi connectivity index (χ0) is 9.19. The summed E-state index contributed by atoms with van der Waals surface area (Å²) in [6.45, 7) is 0. The first-order valence-electron chi connectivity index (χ1n) is 3.12. The van der Waals surface area contributed by atoms with E-state index >= 15 is 0 Å². The molecule has 0 unspecified atom stereocenters. The molecule has 3 nitrogen and oxygen atoms in total. The molecule has 0 aliphatic rings. The molecule has 66 valence electrons. The third-order valence-electron chi connectivity index (χ3n) is 1.06. The van der Waals surface area contributed by atoms with Crippen LogP contribution in [0.25, 0.3) is 0 Å². The Labute approximate surface area is 79.6 Å². The van der Waals surface area contributed by atoms with Crippen molar-refractivity contribution in [3.63, 3.8) is 0 Å². The van der Waals surface area contributed by atoms with Crippen LogP contribution in [0.2, 0.25) is 0 Å². The van der Waals surface area contributed by atoms with Gasteiger partial charge in [-0.1, -0.05) is 15.9 Å². The molecular formula is C7H7BrO3S. The normalized spacial score (nSPS) is 11.2. The van der Waals surface area contributed by atoms with Gasteiger partial charge in [0.2, 0.25) is 0 Å². The standard InChI is InChI=1S/C7H7BrO3S/c1-12(9,10)11-7-4-2-6(8)3-5-7/h2-5H,1H3. The Balaban J connectivity index is 2.85. The lowest BCUT2D eigenvalue weighted by Crippen LogP contribution is -2.05. The smallest absolute Gasteiger partial charge is 0.306 e. The van der Waals surface area contributed by atoms with Crippen LogP contribution in [0, 0.1) is 0 Å². The first-order chi connectivity index (χ1) is 5.47. The first kappa shape index (κ1) is 9.54. The Morgan fingerprint density at radius 1 is 1.25 bits per heavy atom. The Bertz CT molecular complexity index is 355. The molecule has 0 aromatic heterocycles. The van der Waals surface area contributed by atoms with E-state index in [9.17, 15) is 8.42 Å². The molecule has 0 spiro atoms. The molecule has 0 N–H and O–H groups in total. The van der Waals surface area contributed by atoms with Crippen LogP contribution in [0.3, 0.4) is 0 Å². The predicted octanol–water partition coefficient (Wildman–Crippen LogP) is 1.79. The van der Waals surface area contributed by atoms with Crippen molar-refractivity contribution in [2.24, 2.45) is 0 Å². The summed E-state index contributed by atoms with van der Waals surface area (Å²) in [7, 11) is -3.41. The Morgan fingerprint density at radius 3 is 2.17 bits per heavy atom. The van der Waals surface area contributed by atoms with Crippen molar-refractivity contribution >= 4 is 26.0 Å². The molecule has 1 aromatic carbocycles. The minimum atomic E-state index is -3.41. The monoisotopic (exact) mass is 250 g/mol. The van der Waals surface area contributed by atoms with Crippen LogP contribution < -0.4 is 4.18 Å². The summed E-state index contributed by atoms with van der Waals surface area (Å²) >= 11 is 3.22. The van der Waals surface area contributed by atoms with Crippen LogP contribution in [-0.4, -0.2) is 14.7 Å². The van der Waals surface area contributed by atoms with Gasteiger partial charge in [-0.15, -0.1) is 0 Å². The van der Waals surface area contributed by atoms with Gasteiger partial charge in [-0.05, 0) is 24.3 Å². The van der Waals surface area contributed by atoms with Crippen molar-refractivity contribution in [1.82, 2.24) is 0 Å². The summed E-state index contributed by atoms with van der Waals surface area (Å²) in [5, 5.41) is 0. The lowest BCUT2D eigenvalue weighted by Gasteiger charge is -2.01. The molecule has 0 heterocycles. The molecule has 0 atom stereocenters. The zero-order valence-corrected chi connectivity index (χ0v) is 8.72. The lowest BCUT2D eigenvalue weighted by molar-refractivity contribution is 0.493. The summed E-state index contributed by atoms with van der Waals surface area (Å²) in [6, 6.07) is 6.57. The van der Waals surface area contributed by atoms with E-state index < -0.39 is 10.1 Å². The SMILES string of the molecule is CS(=O)(=O)Oc1ccc(Br)cc1. The van der Waals surface area contributed by atoms with Crippen molar-refractivity contribution in [2.75, 3.05) is 6.26 Å². The molecule has 1 rings (SSSR count). The molecule has 0 fully saturated rings. The fourth-order valence-electron chi connectivity index (χ4n) is 0.665. The summed E-state index contributed by atoms with van der Waals surface area (Å²) in [5.41, 5.74) is 0. The minimum Gasteiger partial charge on any atom is -0.383 e. The second kappa shape index (κ2) is 3.45. The third-order valence-corrected chi connectivity index (χ3v) is 2.09. The number of benzene rings is 1. The van der Waals surface area contributed by atoms with Crippen molar-refractivity contribution < 1.29 is 12.6 Å². The molecule has 0 aliphatic heterocycles. The van der Waals surface area contributed by atoms with E-state index in [-0.39, 0.29) is 0 Å². The summed E-state index contributed by atoms with van der Waals surface area (Å²) in [5.74, 6) is 0.320. The number of rotatable bonds is 2. The average molecular weight is 251 g/mol. The van der Waals surface area contributed by atoms with Crippen LogP contribution >= 0.6 is 15.9 Å². The third kappa shape index (κ3) is 3.23. The topological polar surface area (TPSA) is 43.4 Å². The van der Waals surface area contributed by atoms with Crippen LogP contribution in [0.15, 0.2) is 28.7 Å². The quantitative estimate of drug-likeness (QED) is 0.752. The summed E-state index contributed by atoms with van der Waals surface area (Å²) < 4.78 is 26.8. The maximum absolute atomic E-state index is 10.7. The molecule has 0 saturated carbocycles. The Kier molecular flexibility index (Phi) is 2.74. The highest BCUT2D eigenvalue weighted by atomic mass is 79.9. The molecule has 0 bridgehead atoms. The van der Waals surface area contributed by atoms with E-state index in [1.165, 1.54) is 0 Å². The van der Waals surface area contributed by atoms with Gasteiger partial charge in [-0.2, -0.15) is 8.42 Å². The highest BCUT2D eigenvalue weighted by molar-refractivity contribution is 9.10. The molecule has 12 heavy (non-hydrogen) atoms. The maximum atomic E-state index is 10.7. The second-order valence-corrected chi connectivity index (χ2v) is 4.73. The van der Waals surface area contributed by atoms with Crippen molar-refractivity contribution in [1.29, 1.82) is 0 Å². The van der Waals surface area contributed by atoms with E-state index in [1.807, 2.05) is 0 Å². The first-order valence-corrected chi connectivity index (χ1v) is 5.73. The van der Waals surface area contributed by atoms with Crippen molar-refractivity contribution in [2.45, 2.75) is 0 Å². The summed E-state index contributed by atoms with van der Waals surface area (Å²) in [4.78, 5) is 0. The van der Waals surface area contributed by atoms with E-state index in [0.29, 0.717) is 5.75 Å². The molecule has 0 saturated heterocycles. The Hall–Kier alpha value is -0.550. The molecule has 0 aliphatic carbocycles. The van der Waals surface area contributed by atoms with Gasteiger partial charge in [0.15, 0.2) is 0 Å². The maximum Gasteiger partial charge on any atom is 0.306 e. The van der Waals surface area contributed by atoms with Crippen molar-refractivity contribution in [3.8, 4) is 5.75 Å². The van der Waals surface area contributed by atoms with Gasteiger partial charge in [0.25, 0.3) is 0 Å². The van der Waals surface area contributed by atoms with Gasteiger partial charge in [0.1, 0.15) is 5.75 Å². The fourth-order valence-corrected chi connectivity index (χ4v) is 1.39. The largest absolute Gasteiger partial charge is 0.383 e. The van der Waals surface area contributed by atoms with E-state index in [0.717, 1.165) is 10.7 Å². The molecule has 5 heteroatoms. The van der Waals surface area contributed by atoms with Gasteiger partial charge >= 0.3 is 10.1 Å². The van der Waals surface area contributed by atoms with E-state index in [2.05, 4.69) is 20.1 Å². The van der Waals surface area contributed by atoms with Gasteiger partial charge in [-0.3, -0.25) is 0 Å². The van der Waals surface area contributed by atoms with Crippen LogP contribution in [0.4, 0.5) is 0 Å². The lowest BCUT2D eigenvalue weighted by atomic mass is 10.3.